The number of aromatic nitrogens is 4. The molecule has 0 amide bonds. The van der Waals surface area contributed by atoms with E-state index in [9.17, 15) is 14.9 Å². The molecule has 3 aromatic heterocycles. The number of nitro benzene ring substituents is 1. The van der Waals surface area contributed by atoms with E-state index in [1.165, 1.54) is 27.1 Å². The third-order valence-corrected chi connectivity index (χ3v) is 6.26. The smallest absolute Gasteiger partial charge is 0.297 e. The Kier molecular flexibility index (Phi) is 3.41. The molecule has 0 unspecified atom stereocenters. The van der Waals surface area contributed by atoms with Crippen LogP contribution in [-0.2, 0) is 12.8 Å². The van der Waals surface area contributed by atoms with Gasteiger partial charge in [-0.2, -0.15) is 4.52 Å². The van der Waals surface area contributed by atoms with Gasteiger partial charge in [0.1, 0.15) is 4.83 Å². The van der Waals surface area contributed by atoms with E-state index in [-0.39, 0.29) is 11.4 Å². The molecular weight excluding hydrogens is 366 g/mol. The molecule has 1 aliphatic carbocycles. The number of hydrogen-bond donors (Lipinski definition) is 1. The quantitative estimate of drug-likeness (QED) is 0.423. The molecule has 5 rings (SSSR count). The zero-order valence-corrected chi connectivity index (χ0v) is 15.2. The van der Waals surface area contributed by atoms with Crippen molar-refractivity contribution in [2.75, 3.05) is 0 Å². The Morgan fingerprint density at radius 3 is 2.85 bits per heavy atom. The maximum Gasteiger partial charge on any atom is 0.349 e. The average Bonchev–Trinajstić information content (AvgIpc) is 3.22. The van der Waals surface area contributed by atoms with Crippen molar-refractivity contribution >= 4 is 32.9 Å². The molecule has 1 aromatic carbocycles. The van der Waals surface area contributed by atoms with E-state index in [1.807, 2.05) is 0 Å². The van der Waals surface area contributed by atoms with Gasteiger partial charge in [-0.1, -0.05) is 6.92 Å². The molecule has 1 aliphatic rings. The average molecular weight is 381 g/mol. The highest BCUT2D eigenvalue weighted by Crippen LogP contribution is 2.38. The molecule has 4 aromatic rings. The Hall–Kier alpha value is -3.07. The number of aromatic amines is 1. The van der Waals surface area contributed by atoms with E-state index >= 15 is 0 Å². The number of non-ortho nitro benzene ring substituents is 1. The van der Waals surface area contributed by atoms with Crippen LogP contribution < -0.4 is 5.69 Å². The molecule has 27 heavy (non-hydrogen) atoms. The molecule has 0 aliphatic heterocycles. The van der Waals surface area contributed by atoms with Crippen LogP contribution in [0.3, 0.4) is 0 Å². The highest BCUT2D eigenvalue weighted by Gasteiger charge is 2.24. The number of fused-ring (bicyclic) bond motifs is 5. The summed E-state index contributed by atoms with van der Waals surface area (Å²) in [4.78, 5) is 32.6. The van der Waals surface area contributed by atoms with Gasteiger partial charge in [0, 0.05) is 22.6 Å². The fraction of sp³-hybridized carbons (Fsp3) is 0.278. The molecule has 9 heteroatoms. The highest BCUT2D eigenvalue weighted by molar-refractivity contribution is 7.19. The summed E-state index contributed by atoms with van der Waals surface area (Å²) in [6.45, 7) is 2.25. The Morgan fingerprint density at radius 2 is 2.11 bits per heavy atom. The van der Waals surface area contributed by atoms with E-state index in [0.717, 1.165) is 29.5 Å². The Bertz CT molecular complexity index is 1270. The van der Waals surface area contributed by atoms with Crippen LogP contribution in [0, 0.1) is 16.0 Å². The molecule has 0 radical (unpaired) electrons. The van der Waals surface area contributed by atoms with E-state index in [2.05, 4.69) is 22.0 Å². The molecule has 0 spiro atoms. The summed E-state index contributed by atoms with van der Waals surface area (Å²) < 4.78 is 1.30. The van der Waals surface area contributed by atoms with E-state index in [1.54, 1.807) is 23.5 Å². The van der Waals surface area contributed by atoms with Gasteiger partial charge in [-0.25, -0.2) is 9.78 Å². The zero-order chi connectivity index (χ0) is 18.7. The minimum Gasteiger partial charge on any atom is -0.297 e. The Balaban J connectivity index is 1.73. The van der Waals surface area contributed by atoms with Gasteiger partial charge in [-0.05, 0) is 42.9 Å². The first-order chi connectivity index (χ1) is 13.0. The Labute approximate surface area is 156 Å². The molecular formula is C18H15N5O3S. The number of thiophene rings is 1. The first-order valence-corrected chi connectivity index (χ1v) is 9.51. The second kappa shape index (κ2) is 5.71. The van der Waals surface area contributed by atoms with Crippen LogP contribution in [0.25, 0.3) is 27.3 Å². The maximum atomic E-state index is 12.5. The lowest BCUT2D eigenvalue weighted by Crippen LogP contribution is -2.17. The molecule has 0 fully saturated rings. The first-order valence-electron chi connectivity index (χ1n) is 8.69. The third-order valence-electron chi connectivity index (χ3n) is 5.09. The number of aryl methyl sites for hydroxylation is 1. The molecule has 8 nitrogen and oxygen atoms in total. The van der Waals surface area contributed by atoms with Gasteiger partial charge >= 0.3 is 5.69 Å². The van der Waals surface area contributed by atoms with Gasteiger partial charge in [0.25, 0.3) is 5.69 Å². The molecule has 3 heterocycles. The first kappa shape index (κ1) is 16.1. The number of nitro groups is 1. The van der Waals surface area contributed by atoms with Crippen molar-refractivity contribution in [3.05, 3.63) is 55.3 Å². The number of nitrogens with zero attached hydrogens (tertiary/aromatic N) is 4. The molecule has 1 N–H and O–H groups in total. The summed E-state index contributed by atoms with van der Waals surface area (Å²) >= 11 is 1.63. The van der Waals surface area contributed by atoms with Crippen molar-refractivity contribution in [2.45, 2.75) is 26.2 Å². The van der Waals surface area contributed by atoms with Crippen molar-refractivity contribution < 1.29 is 4.92 Å². The van der Waals surface area contributed by atoms with Crippen molar-refractivity contribution in [2.24, 2.45) is 5.92 Å². The van der Waals surface area contributed by atoms with Crippen molar-refractivity contribution in [1.29, 1.82) is 0 Å². The van der Waals surface area contributed by atoms with Crippen LogP contribution >= 0.6 is 11.3 Å². The van der Waals surface area contributed by atoms with Crippen LogP contribution in [0.4, 0.5) is 5.69 Å². The Morgan fingerprint density at radius 1 is 1.33 bits per heavy atom. The number of hydrogen-bond acceptors (Lipinski definition) is 6. The number of benzene rings is 1. The van der Waals surface area contributed by atoms with Crippen molar-refractivity contribution in [3.8, 4) is 11.4 Å². The van der Waals surface area contributed by atoms with Crippen molar-refractivity contribution in [3.63, 3.8) is 0 Å². The van der Waals surface area contributed by atoms with Gasteiger partial charge in [-0.15, -0.1) is 16.4 Å². The standard InChI is InChI=1S/C18H15N5O3S/c1-9-2-7-12-13(8-9)27-17-14(12)16-19-15(21-22(16)18(24)20-17)10-3-5-11(6-4-10)23(25)26/h3-6,9H,2,7-8H2,1H3,(H,20,24)/t9-/m0/s1. The van der Waals surface area contributed by atoms with E-state index in [0.29, 0.717) is 23.0 Å². The molecule has 1 atom stereocenters. The fourth-order valence-corrected chi connectivity index (χ4v) is 5.09. The van der Waals surface area contributed by atoms with Crippen LogP contribution in [0.15, 0.2) is 29.1 Å². The van der Waals surface area contributed by atoms with Gasteiger partial charge in [0.15, 0.2) is 11.5 Å². The summed E-state index contributed by atoms with van der Waals surface area (Å²) in [6, 6.07) is 6.02. The second-order valence-electron chi connectivity index (χ2n) is 6.96. The lowest BCUT2D eigenvalue weighted by Gasteiger charge is -2.17. The van der Waals surface area contributed by atoms with Gasteiger partial charge in [0.2, 0.25) is 0 Å². The summed E-state index contributed by atoms with van der Waals surface area (Å²) in [5.41, 5.74) is 2.12. The second-order valence-corrected chi connectivity index (χ2v) is 8.07. The summed E-state index contributed by atoms with van der Waals surface area (Å²) in [7, 11) is 0. The zero-order valence-electron chi connectivity index (χ0n) is 14.4. The number of H-pyrrole nitrogens is 1. The number of rotatable bonds is 2. The lowest BCUT2D eigenvalue weighted by atomic mass is 9.89. The molecule has 0 saturated carbocycles. The molecule has 0 saturated heterocycles. The SMILES string of the molecule is C[C@H]1CCc2c(sc3[nH]c(=O)n4nc(-c5ccc([N+](=O)[O-])cc5)nc4c23)C1. The maximum absolute atomic E-state index is 12.5. The lowest BCUT2D eigenvalue weighted by molar-refractivity contribution is -0.384. The summed E-state index contributed by atoms with van der Waals surface area (Å²) in [5, 5.41) is 16.2. The highest BCUT2D eigenvalue weighted by atomic mass is 32.1. The summed E-state index contributed by atoms with van der Waals surface area (Å²) in [5.74, 6) is 1.02. The van der Waals surface area contributed by atoms with Crippen LogP contribution in [0.1, 0.15) is 23.8 Å². The minimum absolute atomic E-state index is 0.00350. The predicted octanol–water partition coefficient (Wildman–Crippen LogP) is 3.33. The topological polar surface area (TPSA) is 106 Å². The minimum atomic E-state index is -0.451. The number of nitrogens with one attached hydrogen (secondary N) is 1. The molecule has 136 valence electrons. The van der Waals surface area contributed by atoms with Gasteiger partial charge < -0.3 is 0 Å². The predicted molar refractivity (Wildman–Crippen MR) is 102 cm³/mol. The normalized spacial score (nSPS) is 16.7. The largest absolute Gasteiger partial charge is 0.349 e. The van der Waals surface area contributed by atoms with Crippen molar-refractivity contribution in [1.82, 2.24) is 19.6 Å². The van der Waals surface area contributed by atoms with Gasteiger partial charge in [-0.3, -0.25) is 15.1 Å². The van der Waals surface area contributed by atoms with Gasteiger partial charge in [0.05, 0.1) is 10.3 Å². The monoisotopic (exact) mass is 381 g/mol. The fourth-order valence-electron chi connectivity index (χ4n) is 3.70. The van der Waals surface area contributed by atoms with Crippen LogP contribution in [-0.4, -0.2) is 24.5 Å². The summed E-state index contributed by atoms with van der Waals surface area (Å²) in [6.07, 6.45) is 3.11. The molecule has 0 bridgehead atoms. The third kappa shape index (κ3) is 2.46. The van der Waals surface area contributed by atoms with E-state index in [4.69, 9.17) is 0 Å². The van der Waals surface area contributed by atoms with E-state index < -0.39 is 4.92 Å². The van der Waals surface area contributed by atoms with Crippen LogP contribution in [0.5, 0.6) is 0 Å². The van der Waals surface area contributed by atoms with Crippen LogP contribution in [0.2, 0.25) is 0 Å².